The van der Waals surface area contributed by atoms with Gasteiger partial charge in [-0.3, -0.25) is 0 Å². The molecule has 5 nitrogen and oxygen atoms in total. The molecule has 0 spiro atoms. The molecule has 0 unspecified atom stereocenters. The number of primary sulfonamides is 1. The highest BCUT2D eigenvalue weighted by atomic mass is 79.9. The summed E-state index contributed by atoms with van der Waals surface area (Å²) in [4.78, 5) is -0.00182. The lowest BCUT2D eigenvalue weighted by Gasteiger charge is -2.14. The quantitative estimate of drug-likeness (QED) is 0.700. The third-order valence-corrected chi connectivity index (χ3v) is 5.14. The molecule has 0 aromatic heterocycles. The minimum atomic E-state index is -3.84. The molecule has 0 amide bonds. The van der Waals surface area contributed by atoms with Crippen molar-refractivity contribution >= 4 is 54.6 Å². The lowest BCUT2D eigenvalue weighted by molar-refractivity contribution is 0.597. The van der Waals surface area contributed by atoms with Gasteiger partial charge in [0.15, 0.2) is 0 Å². The summed E-state index contributed by atoms with van der Waals surface area (Å²) < 4.78 is 23.9. The third-order valence-electron chi connectivity index (χ3n) is 2.89. The lowest BCUT2D eigenvalue weighted by atomic mass is 10.1. The number of nitrogen functional groups attached to an aromatic ring is 1. The highest BCUT2D eigenvalue weighted by Crippen LogP contribution is 2.31. The fraction of sp³-hybridized carbons (Fsp3) is 0.0769. The maximum absolute atomic E-state index is 11.6. The van der Waals surface area contributed by atoms with Crippen molar-refractivity contribution in [2.45, 2.75) is 11.8 Å². The van der Waals surface area contributed by atoms with Gasteiger partial charge < -0.3 is 11.1 Å². The van der Waals surface area contributed by atoms with Crippen molar-refractivity contribution in [2.24, 2.45) is 5.14 Å². The van der Waals surface area contributed by atoms with E-state index in [1.807, 2.05) is 0 Å². The van der Waals surface area contributed by atoms with Crippen LogP contribution in [-0.2, 0) is 10.0 Å². The molecule has 0 heterocycles. The monoisotopic (exact) mass is 389 g/mol. The van der Waals surface area contributed by atoms with Gasteiger partial charge in [-0.05, 0) is 58.7 Å². The van der Waals surface area contributed by atoms with E-state index < -0.39 is 10.0 Å². The van der Waals surface area contributed by atoms with Gasteiger partial charge in [-0.2, -0.15) is 0 Å². The molecule has 0 fully saturated rings. The van der Waals surface area contributed by atoms with Crippen molar-refractivity contribution in [3.05, 3.63) is 45.4 Å². The van der Waals surface area contributed by atoms with Crippen LogP contribution in [0.1, 0.15) is 5.56 Å². The van der Waals surface area contributed by atoms with Crippen molar-refractivity contribution in [3.8, 4) is 0 Å². The Morgan fingerprint density at radius 3 is 2.48 bits per heavy atom. The zero-order valence-electron chi connectivity index (χ0n) is 11.0. The van der Waals surface area contributed by atoms with Crippen LogP contribution in [0, 0.1) is 6.92 Å². The largest absolute Gasteiger partial charge is 0.399 e. The summed E-state index contributed by atoms with van der Waals surface area (Å²) in [5.41, 5.74) is 7.85. The fourth-order valence-electron chi connectivity index (χ4n) is 1.86. The van der Waals surface area contributed by atoms with E-state index in [4.69, 9.17) is 22.5 Å². The predicted octanol–water partition coefficient (Wildman–Crippen LogP) is 3.38. The first kappa shape index (κ1) is 16.1. The van der Waals surface area contributed by atoms with Crippen LogP contribution in [0.3, 0.4) is 0 Å². The number of benzene rings is 2. The van der Waals surface area contributed by atoms with Crippen molar-refractivity contribution in [2.75, 3.05) is 11.1 Å². The van der Waals surface area contributed by atoms with Crippen LogP contribution in [0.25, 0.3) is 0 Å². The Morgan fingerprint density at radius 2 is 1.90 bits per heavy atom. The zero-order chi connectivity index (χ0) is 15.8. The minimum Gasteiger partial charge on any atom is -0.399 e. The van der Waals surface area contributed by atoms with Crippen LogP contribution >= 0.6 is 27.5 Å². The maximum Gasteiger partial charge on any atom is 0.238 e. The first-order valence-corrected chi connectivity index (χ1v) is 8.55. The van der Waals surface area contributed by atoms with E-state index in [0.717, 1.165) is 10.2 Å². The number of rotatable bonds is 3. The average Bonchev–Trinajstić information content (AvgIpc) is 2.36. The van der Waals surface area contributed by atoms with Crippen LogP contribution in [0.5, 0.6) is 0 Å². The Kier molecular flexibility index (Phi) is 4.48. The topological polar surface area (TPSA) is 98.2 Å². The second kappa shape index (κ2) is 5.84. The molecule has 0 aliphatic carbocycles. The van der Waals surface area contributed by atoms with E-state index >= 15 is 0 Å². The van der Waals surface area contributed by atoms with E-state index in [0.29, 0.717) is 22.0 Å². The van der Waals surface area contributed by atoms with Gasteiger partial charge in [0.1, 0.15) is 0 Å². The van der Waals surface area contributed by atoms with Gasteiger partial charge in [0, 0.05) is 21.5 Å². The maximum atomic E-state index is 11.6. The first-order chi connectivity index (χ1) is 9.68. The summed E-state index contributed by atoms with van der Waals surface area (Å²) in [5, 5.41) is 8.88. The van der Waals surface area contributed by atoms with Crippen LogP contribution in [-0.4, -0.2) is 8.42 Å². The van der Waals surface area contributed by atoms with Crippen molar-refractivity contribution in [3.63, 3.8) is 0 Å². The number of hydrogen-bond donors (Lipinski definition) is 3. The van der Waals surface area contributed by atoms with Crippen LogP contribution < -0.4 is 16.2 Å². The smallest absolute Gasteiger partial charge is 0.238 e. The number of anilines is 3. The molecule has 0 aliphatic heterocycles. The highest BCUT2D eigenvalue weighted by molar-refractivity contribution is 9.10. The zero-order valence-corrected chi connectivity index (χ0v) is 14.2. The Morgan fingerprint density at radius 1 is 1.24 bits per heavy atom. The van der Waals surface area contributed by atoms with Gasteiger partial charge in [-0.25, -0.2) is 13.6 Å². The third kappa shape index (κ3) is 3.68. The average molecular weight is 391 g/mol. The van der Waals surface area contributed by atoms with E-state index in [1.54, 1.807) is 31.2 Å². The fourth-order valence-corrected chi connectivity index (χ4v) is 3.20. The number of nitrogens with two attached hydrogens (primary N) is 2. The number of halogens is 2. The summed E-state index contributed by atoms with van der Waals surface area (Å²) in [6.07, 6.45) is 0. The Hall–Kier alpha value is -1.28. The molecule has 0 radical (unpaired) electrons. The van der Waals surface area contributed by atoms with Crippen LogP contribution in [0.15, 0.2) is 39.7 Å². The first-order valence-electron chi connectivity index (χ1n) is 5.83. The van der Waals surface area contributed by atoms with Gasteiger partial charge in [0.2, 0.25) is 10.0 Å². The van der Waals surface area contributed by atoms with Crippen LogP contribution in [0.2, 0.25) is 5.02 Å². The summed E-state index contributed by atoms with van der Waals surface area (Å²) in [6.45, 7) is 1.66. The second-order valence-corrected chi connectivity index (χ2v) is 7.28. The number of sulfonamides is 1. The van der Waals surface area contributed by atoms with Crippen molar-refractivity contribution in [1.82, 2.24) is 0 Å². The van der Waals surface area contributed by atoms with E-state index in [2.05, 4.69) is 21.2 Å². The minimum absolute atomic E-state index is 0.00182. The summed E-state index contributed by atoms with van der Waals surface area (Å²) >= 11 is 9.26. The normalized spacial score (nSPS) is 11.4. The number of nitrogens with one attached hydrogen (secondary N) is 1. The van der Waals surface area contributed by atoms with Gasteiger partial charge >= 0.3 is 0 Å². The molecule has 0 saturated carbocycles. The van der Waals surface area contributed by atoms with Gasteiger partial charge in [0.05, 0.1) is 9.92 Å². The highest BCUT2D eigenvalue weighted by Gasteiger charge is 2.15. The molecule has 5 N–H and O–H groups in total. The second-order valence-electron chi connectivity index (χ2n) is 4.49. The molecule has 112 valence electrons. The van der Waals surface area contributed by atoms with Crippen molar-refractivity contribution in [1.29, 1.82) is 0 Å². The van der Waals surface area contributed by atoms with Crippen LogP contribution in [0.4, 0.5) is 17.1 Å². The SMILES string of the molecule is Cc1c(Nc2ccc(Cl)c(Br)c2)cc(N)cc1S(N)(=O)=O. The molecule has 8 heteroatoms. The molecule has 2 rings (SSSR count). The molecule has 0 bridgehead atoms. The van der Waals surface area contributed by atoms with Gasteiger partial charge in [-0.15, -0.1) is 0 Å². The molecular weight excluding hydrogens is 378 g/mol. The van der Waals surface area contributed by atoms with Gasteiger partial charge in [0.25, 0.3) is 0 Å². The molecule has 0 atom stereocenters. The Balaban J connectivity index is 2.49. The van der Waals surface area contributed by atoms with Gasteiger partial charge in [-0.1, -0.05) is 11.6 Å². The van der Waals surface area contributed by atoms with Crippen molar-refractivity contribution < 1.29 is 8.42 Å². The molecular formula is C13H13BrClN3O2S. The Labute approximate surface area is 136 Å². The molecule has 21 heavy (non-hydrogen) atoms. The molecule has 2 aromatic rings. The summed E-state index contributed by atoms with van der Waals surface area (Å²) in [7, 11) is -3.84. The number of hydrogen-bond acceptors (Lipinski definition) is 4. The molecule has 2 aromatic carbocycles. The summed E-state index contributed by atoms with van der Waals surface area (Å²) in [5.74, 6) is 0. The van der Waals surface area contributed by atoms with E-state index in [-0.39, 0.29) is 4.90 Å². The van der Waals surface area contributed by atoms with E-state index in [1.165, 1.54) is 6.07 Å². The molecule has 0 saturated heterocycles. The standard InChI is InChI=1S/C13H13BrClN3O2S/c1-7-12(4-8(16)5-13(7)21(17,19)20)18-9-2-3-11(15)10(14)6-9/h2-6,18H,16H2,1H3,(H2,17,19,20). The predicted molar refractivity (Wildman–Crippen MR) is 89.4 cm³/mol. The molecule has 0 aliphatic rings. The lowest BCUT2D eigenvalue weighted by Crippen LogP contribution is -2.15. The van der Waals surface area contributed by atoms with E-state index in [9.17, 15) is 8.42 Å². The Bertz CT molecular complexity index is 809. The summed E-state index contributed by atoms with van der Waals surface area (Å²) in [6, 6.07) is 8.25.